The molecular formula is C20H15ClN2OS. The van der Waals surface area contributed by atoms with Gasteiger partial charge in [-0.3, -0.25) is 9.36 Å². The number of halogens is 1. The fraction of sp³-hybridized carbons (Fsp3) is 0.100. The molecule has 0 fully saturated rings. The predicted molar refractivity (Wildman–Crippen MR) is 105 cm³/mol. The van der Waals surface area contributed by atoms with E-state index in [0.717, 1.165) is 21.5 Å². The van der Waals surface area contributed by atoms with Gasteiger partial charge in [0, 0.05) is 16.0 Å². The summed E-state index contributed by atoms with van der Waals surface area (Å²) in [5.74, 6) is 0. The molecule has 0 unspecified atom stereocenters. The molecule has 2 aromatic heterocycles. The third-order valence-corrected chi connectivity index (χ3v) is 5.29. The Balaban J connectivity index is 1.83. The van der Waals surface area contributed by atoms with Crippen molar-refractivity contribution in [3.8, 4) is 11.1 Å². The second-order valence-corrected chi connectivity index (χ2v) is 7.30. The van der Waals surface area contributed by atoms with Crippen LogP contribution in [0.2, 0.25) is 5.02 Å². The zero-order valence-corrected chi connectivity index (χ0v) is 15.1. The van der Waals surface area contributed by atoms with E-state index in [2.05, 4.69) is 11.1 Å². The van der Waals surface area contributed by atoms with Crippen LogP contribution in [0.5, 0.6) is 0 Å². The van der Waals surface area contributed by atoms with E-state index in [4.69, 9.17) is 11.6 Å². The number of hydrogen-bond donors (Lipinski definition) is 0. The van der Waals surface area contributed by atoms with Crippen molar-refractivity contribution in [3.05, 3.63) is 86.7 Å². The van der Waals surface area contributed by atoms with Gasteiger partial charge in [0.25, 0.3) is 5.56 Å². The maximum Gasteiger partial charge on any atom is 0.263 e. The molecule has 4 aromatic rings. The zero-order chi connectivity index (χ0) is 17.4. The Labute approximate surface area is 154 Å². The first-order valence-corrected chi connectivity index (χ1v) is 9.16. The minimum Gasteiger partial charge on any atom is -0.294 e. The topological polar surface area (TPSA) is 34.9 Å². The van der Waals surface area contributed by atoms with Gasteiger partial charge < -0.3 is 0 Å². The van der Waals surface area contributed by atoms with E-state index in [1.54, 1.807) is 10.9 Å². The summed E-state index contributed by atoms with van der Waals surface area (Å²) in [5, 5.41) is 3.33. The maximum absolute atomic E-state index is 13.0. The molecule has 0 bridgehead atoms. The lowest BCUT2D eigenvalue weighted by atomic mass is 10.1. The Hall–Kier alpha value is -2.43. The second-order valence-electron chi connectivity index (χ2n) is 6.00. The summed E-state index contributed by atoms with van der Waals surface area (Å²) >= 11 is 7.46. The van der Waals surface area contributed by atoms with Crippen LogP contribution in [0.1, 0.15) is 11.1 Å². The van der Waals surface area contributed by atoms with Crippen molar-refractivity contribution in [2.75, 3.05) is 0 Å². The maximum atomic E-state index is 13.0. The lowest BCUT2D eigenvalue weighted by molar-refractivity contribution is 0.749. The average molecular weight is 367 g/mol. The Bertz CT molecular complexity index is 1110. The van der Waals surface area contributed by atoms with Crippen molar-refractivity contribution in [2.45, 2.75) is 13.5 Å². The number of aromatic nitrogens is 2. The van der Waals surface area contributed by atoms with Crippen LogP contribution in [0.4, 0.5) is 0 Å². The average Bonchev–Trinajstić information content (AvgIpc) is 3.03. The minimum atomic E-state index is -0.0160. The Morgan fingerprint density at radius 1 is 1.16 bits per heavy atom. The predicted octanol–water partition coefficient (Wildman–Crippen LogP) is 5.14. The lowest BCUT2D eigenvalue weighted by Crippen LogP contribution is -2.21. The minimum absolute atomic E-state index is 0.0160. The highest BCUT2D eigenvalue weighted by atomic mass is 35.5. The third-order valence-electron chi connectivity index (χ3n) is 4.15. The number of nitrogens with zero attached hydrogens (tertiary/aromatic N) is 2. The first-order valence-electron chi connectivity index (χ1n) is 7.90. The molecule has 0 saturated heterocycles. The van der Waals surface area contributed by atoms with Crippen LogP contribution in [0.25, 0.3) is 21.3 Å². The molecule has 25 heavy (non-hydrogen) atoms. The normalized spacial score (nSPS) is 11.1. The lowest BCUT2D eigenvalue weighted by Gasteiger charge is -2.07. The van der Waals surface area contributed by atoms with E-state index in [9.17, 15) is 4.79 Å². The molecule has 5 heteroatoms. The van der Waals surface area contributed by atoms with Crippen LogP contribution >= 0.6 is 22.9 Å². The van der Waals surface area contributed by atoms with Crippen LogP contribution in [0.3, 0.4) is 0 Å². The molecule has 0 N–H and O–H groups in total. The molecule has 0 radical (unpaired) electrons. The molecule has 0 amide bonds. The highest BCUT2D eigenvalue weighted by molar-refractivity contribution is 7.17. The fourth-order valence-corrected chi connectivity index (χ4v) is 3.96. The third kappa shape index (κ3) is 3.11. The van der Waals surface area contributed by atoms with Gasteiger partial charge in [-0.25, -0.2) is 4.98 Å². The fourth-order valence-electron chi connectivity index (χ4n) is 2.93. The van der Waals surface area contributed by atoms with Crippen LogP contribution in [0, 0.1) is 6.92 Å². The molecule has 0 aliphatic carbocycles. The first kappa shape index (κ1) is 16.1. The van der Waals surface area contributed by atoms with Crippen molar-refractivity contribution in [3.63, 3.8) is 0 Å². The number of benzene rings is 2. The van der Waals surface area contributed by atoms with Crippen LogP contribution < -0.4 is 5.56 Å². The van der Waals surface area contributed by atoms with Gasteiger partial charge >= 0.3 is 0 Å². The quantitative estimate of drug-likeness (QED) is 0.503. The first-order chi connectivity index (χ1) is 12.1. The highest BCUT2D eigenvalue weighted by Crippen LogP contribution is 2.31. The molecular weight excluding hydrogens is 352 g/mol. The van der Waals surface area contributed by atoms with Gasteiger partial charge in [-0.05, 0) is 30.2 Å². The van der Waals surface area contributed by atoms with Crippen molar-refractivity contribution in [2.24, 2.45) is 0 Å². The highest BCUT2D eigenvalue weighted by Gasteiger charge is 2.13. The van der Waals surface area contributed by atoms with Crippen molar-refractivity contribution >= 4 is 33.2 Å². The molecule has 124 valence electrons. The Morgan fingerprint density at radius 3 is 2.72 bits per heavy atom. The summed E-state index contributed by atoms with van der Waals surface area (Å²) in [4.78, 5) is 18.3. The van der Waals surface area contributed by atoms with Crippen molar-refractivity contribution in [1.82, 2.24) is 9.55 Å². The summed E-state index contributed by atoms with van der Waals surface area (Å²) < 4.78 is 1.67. The van der Waals surface area contributed by atoms with E-state index in [1.165, 1.54) is 16.9 Å². The smallest absolute Gasteiger partial charge is 0.263 e. The summed E-state index contributed by atoms with van der Waals surface area (Å²) in [7, 11) is 0. The molecule has 0 spiro atoms. The molecule has 0 aliphatic rings. The van der Waals surface area contributed by atoms with Gasteiger partial charge in [0.1, 0.15) is 4.83 Å². The summed E-state index contributed by atoms with van der Waals surface area (Å²) in [6.45, 7) is 2.56. The molecule has 0 aliphatic heterocycles. The van der Waals surface area contributed by atoms with E-state index in [1.807, 2.05) is 54.8 Å². The van der Waals surface area contributed by atoms with E-state index >= 15 is 0 Å². The Kier molecular flexibility index (Phi) is 4.15. The number of hydrogen-bond acceptors (Lipinski definition) is 3. The van der Waals surface area contributed by atoms with Gasteiger partial charge in [-0.1, -0.05) is 53.6 Å². The van der Waals surface area contributed by atoms with Crippen LogP contribution in [-0.2, 0) is 6.54 Å². The largest absolute Gasteiger partial charge is 0.294 e. The van der Waals surface area contributed by atoms with Gasteiger partial charge in [0.15, 0.2) is 0 Å². The van der Waals surface area contributed by atoms with Gasteiger partial charge in [0.05, 0.1) is 18.3 Å². The standard InChI is InChI=1S/C20H15ClN2OS/c1-13-3-2-4-14(9-13)10-23-12-22-19-18(20(23)24)17(11-25-19)15-5-7-16(21)8-6-15/h2-9,11-12H,10H2,1H3. The number of aryl methyl sites for hydroxylation is 1. The van der Waals surface area contributed by atoms with Crippen molar-refractivity contribution in [1.29, 1.82) is 0 Å². The second kappa shape index (κ2) is 6.47. The zero-order valence-electron chi connectivity index (χ0n) is 13.6. The summed E-state index contributed by atoms with van der Waals surface area (Å²) in [6.07, 6.45) is 1.63. The van der Waals surface area contributed by atoms with Gasteiger partial charge in [-0.2, -0.15) is 0 Å². The molecule has 0 atom stereocenters. The molecule has 4 rings (SSSR count). The van der Waals surface area contributed by atoms with Crippen LogP contribution in [0.15, 0.2) is 65.0 Å². The molecule has 2 heterocycles. The SMILES string of the molecule is Cc1cccc(Cn2cnc3scc(-c4ccc(Cl)cc4)c3c2=O)c1. The van der Waals surface area contributed by atoms with Gasteiger partial charge in [0.2, 0.25) is 0 Å². The molecule has 3 nitrogen and oxygen atoms in total. The monoisotopic (exact) mass is 366 g/mol. The Morgan fingerprint density at radius 2 is 1.96 bits per heavy atom. The molecule has 0 saturated carbocycles. The molecule has 2 aromatic carbocycles. The van der Waals surface area contributed by atoms with Crippen molar-refractivity contribution < 1.29 is 0 Å². The number of fused-ring (bicyclic) bond motifs is 1. The van der Waals surface area contributed by atoms with Gasteiger partial charge in [-0.15, -0.1) is 11.3 Å². The van der Waals surface area contributed by atoms with E-state index < -0.39 is 0 Å². The number of thiophene rings is 1. The van der Waals surface area contributed by atoms with E-state index in [-0.39, 0.29) is 5.56 Å². The number of rotatable bonds is 3. The summed E-state index contributed by atoms with van der Waals surface area (Å²) in [5.41, 5.74) is 4.14. The summed E-state index contributed by atoms with van der Waals surface area (Å²) in [6, 6.07) is 15.7. The van der Waals surface area contributed by atoms with E-state index in [0.29, 0.717) is 17.0 Å². The van der Waals surface area contributed by atoms with Crippen LogP contribution in [-0.4, -0.2) is 9.55 Å².